The van der Waals surface area contributed by atoms with Gasteiger partial charge in [-0.3, -0.25) is 4.79 Å². The van der Waals surface area contributed by atoms with Gasteiger partial charge in [-0.15, -0.1) is 6.58 Å². The lowest BCUT2D eigenvalue weighted by Gasteiger charge is -2.18. The van der Waals surface area contributed by atoms with Gasteiger partial charge in [0.05, 0.1) is 0 Å². The quantitative estimate of drug-likeness (QED) is 0.573. The largest absolute Gasteiger partial charge is 0.295 e. The van der Waals surface area contributed by atoms with Gasteiger partial charge in [0, 0.05) is 5.92 Å². The van der Waals surface area contributed by atoms with Crippen LogP contribution in [0.4, 0.5) is 0 Å². The zero-order valence-electron chi connectivity index (χ0n) is 7.89. The van der Waals surface area contributed by atoms with Gasteiger partial charge in [-0.05, 0) is 39.2 Å². The lowest BCUT2D eigenvalue weighted by molar-refractivity contribution is -0.118. The molecule has 0 heterocycles. The van der Waals surface area contributed by atoms with Crippen molar-refractivity contribution in [2.75, 3.05) is 0 Å². The molecule has 1 aliphatic rings. The molecule has 0 amide bonds. The predicted octanol–water partition coefficient (Wildman–Crippen LogP) is 2.88. The fourth-order valence-corrected chi connectivity index (χ4v) is 1.60. The Bertz CT molecular complexity index is 235. The van der Waals surface area contributed by atoms with Crippen LogP contribution in [0.25, 0.3) is 0 Å². The molecule has 0 saturated heterocycles. The molecule has 1 unspecified atom stereocenters. The van der Waals surface area contributed by atoms with E-state index in [-0.39, 0.29) is 5.92 Å². The van der Waals surface area contributed by atoms with Crippen LogP contribution in [0, 0.1) is 5.92 Å². The van der Waals surface area contributed by atoms with Crippen LogP contribution in [0.5, 0.6) is 0 Å². The first-order valence-electron chi connectivity index (χ1n) is 4.45. The van der Waals surface area contributed by atoms with Crippen molar-refractivity contribution in [1.82, 2.24) is 0 Å². The highest BCUT2D eigenvalue weighted by Gasteiger charge is 2.20. The minimum atomic E-state index is 0.214. The van der Waals surface area contributed by atoms with Crippen LogP contribution in [0.3, 0.4) is 0 Å². The maximum Gasteiger partial charge on any atom is 0.159 e. The Morgan fingerprint density at radius 1 is 1.75 bits per heavy atom. The summed E-state index contributed by atoms with van der Waals surface area (Å²) in [5, 5.41) is 0. The van der Waals surface area contributed by atoms with Crippen LogP contribution in [-0.4, -0.2) is 5.78 Å². The first kappa shape index (κ1) is 9.24. The third-order valence-electron chi connectivity index (χ3n) is 2.27. The lowest BCUT2D eigenvalue weighted by Crippen LogP contribution is -2.16. The Hall–Kier alpha value is -0.850. The highest BCUT2D eigenvalue weighted by molar-refractivity contribution is 5.93. The average Bonchev–Trinajstić information content (AvgIpc) is 1.94. The fraction of sp³-hybridized carbons (Fsp3) is 0.545. The third-order valence-corrected chi connectivity index (χ3v) is 2.27. The molecule has 0 saturated carbocycles. The van der Waals surface area contributed by atoms with Crippen LogP contribution < -0.4 is 0 Å². The minimum Gasteiger partial charge on any atom is -0.295 e. The molecule has 1 heteroatoms. The van der Waals surface area contributed by atoms with Gasteiger partial charge in [0.2, 0.25) is 0 Å². The van der Waals surface area contributed by atoms with E-state index in [1.807, 2.05) is 13.8 Å². The number of ketones is 1. The third kappa shape index (κ3) is 2.33. The van der Waals surface area contributed by atoms with Crippen molar-refractivity contribution < 1.29 is 4.79 Å². The molecule has 0 bridgehead atoms. The minimum absolute atomic E-state index is 0.214. The first-order chi connectivity index (χ1) is 5.59. The summed E-state index contributed by atoms with van der Waals surface area (Å²) in [6, 6.07) is 0. The Morgan fingerprint density at radius 3 is 2.92 bits per heavy atom. The lowest BCUT2D eigenvalue weighted by atomic mass is 9.85. The highest BCUT2D eigenvalue weighted by Crippen LogP contribution is 2.25. The van der Waals surface area contributed by atoms with Crippen molar-refractivity contribution in [1.29, 1.82) is 0 Å². The first-order valence-corrected chi connectivity index (χ1v) is 4.45. The van der Waals surface area contributed by atoms with Crippen molar-refractivity contribution in [3.63, 3.8) is 0 Å². The maximum absolute atomic E-state index is 11.4. The Labute approximate surface area is 74.2 Å². The van der Waals surface area contributed by atoms with E-state index in [1.54, 1.807) is 6.08 Å². The SMILES string of the molecule is C=C(C)CC1CCC(C)=CC1=O. The molecule has 1 nitrogen and oxygen atoms in total. The number of rotatable bonds is 2. The van der Waals surface area contributed by atoms with Crippen LogP contribution in [0.15, 0.2) is 23.8 Å². The molecular formula is C11H16O. The molecule has 1 aliphatic carbocycles. The summed E-state index contributed by atoms with van der Waals surface area (Å²) >= 11 is 0. The van der Waals surface area contributed by atoms with E-state index in [4.69, 9.17) is 0 Å². The van der Waals surface area contributed by atoms with Crippen LogP contribution >= 0.6 is 0 Å². The summed E-state index contributed by atoms with van der Waals surface area (Å²) in [6.45, 7) is 7.84. The van der Waals surface area contributed by atoms with E-state index >= 15 is 0 Å². The predicted molar refractivity (Wildman–Crippen MR) is 50.9 cm³/mol. The van der Waals surface area contributed by atoms with Crippen LogP contribution in [0.2, 0.25) is 0 Å². The molecule has 66 valence electrons. The van der Waals surface area contributed by atoms with E-state index in [9.17, 15) is 4.79 Å². The summed E-state index contributed by atoms with van der Waals surface area (Å²) < 4.78 is 0. The van der Waals surface area contributed by atoms with E-state index in [0.29, 0.717) is 5.78 Å². The second kappa shape index (κ2) is 3.70. The van der Waals surface area contributed by atoms with Gasteiger partial charge >= 0.3 is 0 Å². The van der Waals surface area contributed by atoms with Gasteiger partial charge in [0.15, 0.2) is 5.78 Å². The van der Waals surface area contributed by atoms with Crippen LogP contribution in [0.1, 0.15) is 33.1 Å². The van der Waals surface area contributed by atoms with Crippen LogP contribution in [-0.2, 0) is 4.79 Å². The van der Waals surface area contributed by atoms with Gasteiger partial charge in [0.25, 0.3) is 0 Å². The molecule has 0 aromatic rings. The Balaban J connectivity index is 2.59. The summed E-state index contributed by atoms with van der Waals surface area (Å²) in [5.41, 5.74) is 2.33. The summed E-state index contributed by atoms with van der Waals surface area (Å²) in [4.78, 5) is 11.4. The number of carbonyl (C=O) groups is 1. The molecular weight excluding hydrogens is 148 g/mol. The molecule has 0 N–H and O–H groups in total. The summed E-state index contributed by atoms with van der Waals surface area (Å²) in [6.07, 6.45) is 4.73. The van der Waals surface area contributed by atoms with E-state index in [1.165, 1.54) is 5.57 Å². The second-order valence-electron chi connectivity index (χ2n) is 3.79. The van der Waals surface area contributed by atoms with E-state index in [2.05, 4.69) is 6.58 Å². The molecule has 0 spiro atoms. The summed E-state index contributed by atoms with van der Waals surface area (Å²) in [5.74, 6) is 0.507. The number of hydrogen-bond donors (Lipinski definition) is 0. The number of hydrogen-bond acceptors (Lipinski definition) is 1. The topological polar surface area (TPSA) is 17.1 Å². The molecule has 1 rings (SSSR count). The van der Waals surface area contributed by atoms with E-state index < -0.39 is 0 Å². The van der Waals surface area contributed by atoms with Gasteiger partial charge in [-0.25, -0.2) is 0 Å². The molecule has 0 aromatic carbocycles. The molecule has 0 radical (unpaired) electrons. The molecule has 12 heavy (non-hydrogen) atoms. The van der Waals surface area contributed by atoms with Crippen molar-refractivity contribution in [3.8, 4) is 0 Å². The maximum atomic E-state index is 11.4. The fourth-order valence-electron chi connectivity index (χ4n) is 1.60. The number of carbonyl (C=O) groups excluding carboxylic acids is 1. The molecule has 1 atom stereocenters. The Morgan fingerprint density at radius 2 is 2.42 bits per heavy atom. The molecule has 0 aromatic heterocycles. The number of allylic oxidation sites excluding steroid dienone is 3. The second-order valence-corrected chi connectivity index (χ2v) is 3.79. The summed E-state index contributed by atoms with van der Waals surface area (Å²) in [7, 11) is 0. The van der Waals surface area contributed by atoms with Crippen molar-refractivity contribution >= 4 is 5.78 Å². The monoisotopic (exact) mass is 164 g/mol. The van der Waals surface area contributed by atoms with Gasteiger partial charge in [0.1, 0.15) is 0 Å². The zero-order valence-corrected chi connectivity index (χ0v) is 7.89. The van der Waals surface area contributed by atoms with Gasteiger partial charge in [-0.1, -0.05) is 11.1 Å². The van der Waals surface area contributed by atoms with Gasteiger partial charge in [-0.2, -0.15) is 0 Å². The standard InChI is InChI=1S/C11H16O/c1-8(2)6-10-5-4-9(3)7-11(10)12/h7,10H,1,4-6H2,2-3H3. The van der Waals surface area contributed by atoms with Gasteiger partial charge < -0.3 is 0 Å². The highest BCUT2D eigenvalue weighted by atomic mass is 16.1. The molecule has 0 fully saturated rings. The van der Waals surface area contributed by atoms with E-state index in [0.717, 1.165) is 24.8 Å². The van der Waals surface area contributed by atoms with Crippen molar-refractivity contribution in [2.24, 2.45) is 5.92 Å². The van der Waals surface area contributed by atoms with Crippen molar-refractivity contribution in [3.05, 3.63) is 23.8 Å². The average molecular weight is 164 g/mol. The smallest absolute Gasteiger partial charge is 0.159 e. The normalized spacial score (nSPS) is 23.7. The van der Waals surface area contributed by atoms with Crippen molar-refractivity contribution in [2.45, 2.75) is 33.1 Å². The Kier molecular flexibility index (Phi) is 2.85. The molecule has 0 aliphatic heterocycles. The zero-order chi connectivity index (χ0) is 9.14.